The Kier molecular flexibility index (Phi) is 4.71. The van der Waals surface area contributed by atoms with Gasteiger partial charge in [-0.3, -0.25) is 9.48 Å². The maximum Gasteiger partial charge on any atom is 0.261 e. The molecule has 0 atom stereocenters. The number of nitrogens with zero attached hydrogens (tertiary/aromatic N) is 2. The van der Waals surface area contributed by atoms with Gasteiger partial charge in [-0.15, -0.1) is 11.3 Å². The zero-order valence-corrected chi connectivity index (χ0v) is 14.6. The van der Waals surface area contributed by atoms with Crippen molar-refractivity contribution in [2.75, 3.05) is 20.3 Å². The Hall–Kier alpha value is -2.54. The number of aryl methyl sites for hydroxylation is 2. The van der Waals surface area contributed by atoms with E-state index in [4.69, 9.17) is 9.47 Å². The van der Waals surface area contributed by atoms with Gasteiger partial charge in [0, 0.05) is 12.4 Å². The number of carbonyl (C=O) groups is 1. The molecule has 0 aliphatic rings. The van der Waals surface area contributed by atoms with E-state index < -0.39 is 0 Å². The molecule has 3 rings (SSSR count). The summed E-state index contributed by atoms with van der Waals surface area (Å²) in [6, 6.07) is 9.23. The summed E-state index contributed by atoms with van der Waals surface area (Å²) in [5.74, 6) is 1.44. The minimum Gasteiger partial charge on any atom is -0.497 e. The predicted octanol–water partition coefficient (Wildman–Crippen LogP) is 2.76. The van der Waals surface area contributed by atoms with Crippen LogP contribution in [0.5, 0.6) is 11.5 Å². The second kappa shape index (κ2) is 6.92. The second-order valence-corrected chi connectivity index (χ2v) is 6.35. The van der Waals surface area contributed by atoms with E-state index in [0.717, 1.165) is 27.4 Å². The lowest BCUT2D eigenvalue weighted by Crippen LogP contribution is -2.27. The van der Waals surface area contributed by atoms with Gasteiger partial charge in [-0.2, -0.15) is 5.10 Å². The van der Waals surface area contributed by atoms with E-state index in [9.17, 15) is 4.79 Å². The number of rotatable bonds is 6. The highest BCUT2D eigenvalue weighted by Crippen LogP contribution is 2.27. The van der Waals surface area contributed by atoms with Crippen LogP contribution in [0.2, 0.25) is 0 Å². The van der Waals surface area contributed by atoms with Gasteiger partial charge in [0.1, 0.15) is 22.9 Å². The van der Waals surface area contributed by atoms with Gasteiger partial charge in [0.05, 0.1) is 24.2 Å². The van der Waals surface area contributed by atoms with Crippen molar-refractivity contribution in [1.29, 1.82) is 0 Å². The summed E-state index contributed by atoms with van der Waals surface area (Å²) < 4.78 is 12.5. The Morgan fingerprint density at radius 3 is 2.67 bits per heavy atom. The Balaban J connectivity index is 1.52. The molecule has 0 unspecified atom stereocenters. The fourth-order valence-corrected chi connectivity index (χ4v) is 3.45. The van der Waals surface area contributed by atoms with Crippen molar-refractivity contribution in [2.24, 2.45) is 7.05 Å². The maximum absolute atomic E-state index is 12.2. The molecule has 0 bridgehead atoms. The van der Waals surface area contributed by atoms with Gasteiger partial charge in [-0.1, -0.05) is 0 Å². The molecular weight excluding hydrogens is 326 g/mol. The average Bonchev–Trinajstić information content (AvgIpc) is 3.14. The summed E-state index contributed by atoms with van der Waals surface area (Å²) in [7, 11) is 3.51. The zero-order chi connectivity index (χ0) is 17.1. The van der Waals surface area contributed by atoms with Gasteiger partial charge in [0.25, 0.3) is 5.91 Å². The minimum atomic E-state index is -0.0890. The number of aromatic nitrogens is 2. The molecule has 0 spiro atoms. The van der Waals surface area contributed by atoms with Crippen LogP contribution in [0.4, 0.5) is 0 Å². The molecule has 0 fully saturated rings. The topological polar surface area (TPSA) is 65.4 Å². The molecule has 0 aliphatic heterocycles. The summed E-state index contributed by atoms with van der Waals surface area (Å²) in [5, 5.41) is 8.24. The first-order valence-electron chi connectivity index (χ1n) is 7.56. The van der Waals surface area contributed by atoms with Crippen LogP contribution in [-0.4, -0.2) is 35.9 Å². The molecule has 0 saturated heterocycles. The number of fused-ring (bicyclic) bond motifs is 1. The van der Waals surface area contributed by atoms with Crippen molar-refractivity contribution in [1.82, 2.24) is 15.1 Å². The van der Waals surface area contributed by atoms with E-state index in [1.807, 2.05) is 44.3 Å². The third-order valence-corrected chi connectivity index (χ3v) is 4.84. The first-order valence-corrected chi connectivity index (χ1v) is 8.38. The first-order chi connectivity index (χ1) is 11.6. The number of benzene rings is 1. The molecule has 3 aromatic rings. The molecule has 2 aromatic heterocycles. The standard InChI is InChI=1S/C17H19N3O3S/c1-11-14-10-15(24-17(14)20(2)19-11)16(21)18-8-9-23-13-6-4-12(22-3)5-7-13/h4-7,10H,8-9H2,1-3H3,(H,18,21). The number of nitrogens with one attached hydrogen (secondary N) is 1. The van der Waals surface area contributed by atoms with Crippen molar-refractivity contribution >= 4 is 27.5 Å². The van der Waals surface area contributed by atoms with E-state index in [-0.39, 0.29) is 5.91 Å². The van der Waals surface area contributed by atoms with Crippen molar-refractivity contribution < 1.29 is 14.3 Å². The SMILES string of the molecule is COc1ccc(OCCNC(=O)c2cc3c(C)nn(C)c3s2)cc1. The molecule has 7 heteroatoms. The average molecular weight is 345 g/mol. The normalized spacial score (nSPS) is 10.8. The van der Waals surface area contributed by atoms with E-state index in [1.165, 1.54) is 11.3 Å². The van der Waals surface area contributed by atoms with E-state index in [0.29, 0.717) is 18.0 Å². The van der Waals surface area contributed by atoms with Crippen LogP contribution in [0.25, 0.3) is 10.2 Å². The van der Waals surface area contributed by atoms with Crippen molar-refractivity contribution in [3.8, 4) is 11.5 Å². The molecule has 126 valence electrons. The Morgan fingerprint density at radius 2 is 2.00 bits per heavy atom. The molecule has 6 nitrogen and oxygen atoms in total. The van der Waals surface area contributed by atoms with Crippen LogP contribution in [0, 0.1) is 6.92 Å². The lowest BCUT2D eigenvalue weighted by Gasteiger charge is -2.07. The van der Waals surface area contributed by atoms with Crippen molar-refractivity contribution in [3.63, 3.8) is 0 Å². The summed E-state index contributed by atoms with van der Waals surface area (Å²) in [6.07, 6.45) is 0. The van der Waals surface area contributed by atoms with Crippen molar-refractivity contribution in [2.45, 2.75) is 6.92 Å². The lowest BCUT2D eigenvalue weighted by atomic mass is 10.3. The predicted molar refractivity (Wildman–Crippen MR) is 94.2 cm³/mol. The number of methoxy groups -OCH3 is 1. The fraction of sp³-hybridized carbons (Fsp3) is 0.294. The molecule has 0 aliphatic carbocycles. The third-order valence-electron chi connectivity index (χ3n) is 3.64. The molecule has 0 radical (unpaired) electrons. The van der Waals surface area contributed by atoms with Crippen LogP contribution in [0.1, 0.15) is 15.4 Å². The molecule has 1 N–H and O–H groups in total. The van der Waals surface area contributed by atoms with Crippen LogP contribution < -0.4 is 14.8 Å². The smallest absolute Gasteiger partial charge is 0.261 e. The highest BCUT2D eigenvalue weighted by atomic mass is 32.1. The quantitative estimate of drug-likeness (QED) is 0.698. The molecule has 24 heavy (non-hydrogen) atoms. The third kappa shape index (κ3) is 3.35. The molecule has 0 saturated carbocycles. The highest BCUT2D eigenvalue weighted by Gasteiger charge is 2.14. The summed E-state index contributed by atoms with van der Waals surface area (Å²) in [5.41, 5.74) is 0.936. The molecular formula is C17H19N3O3S. The molecule has 2 heterocycles. The number of ether oxygens (including phenoxy) is 2. The monoisotopic (exact) mass is 345 g/mol. The molecule has 1 amide bonds. The van der Waals surface area contributed by atoms with E-state index >= 15 is 0 Å². The van der Waals surface area contributed by atoms with Gasteiger partial charge in [0.15, 0.2) is 0 Å². The first kappa shape index (κ1) is 16.3. The van der Waals surface area contributed by atoms with Crippen molar-refractivity contribution in [3.05, 3.63) is 40.9 Å². The second-order valence-electron chi connectivity index (χ2n) is 5.32. The Morgan fingerprint density at radius 1 is 1.29 bits per heavy atom. The number of thiophene rings is 1. The van der Waals surface area contributed by atoms with Gasteiger partial charge in [-0.05, 0) is 37.3 Å². The fourth-order valence-electron chi connectivity index (χ4n) is 2.41. The largest absolute Gasteiger partial charge is 0.497 e. The summed E-state index contributed by atoms with van der Waals surface area (Å²) in [4.78, 5) is 13.9. The molecule has 1 aromatic carbocycles. The zero-order valence-electron chi connectivity index (χ0n) is 13.8. The number of hydrogen-bond acceptors (Lipinski definition) is 5. The lowest BCUT2D eigenvalue weighted by molar-refractivity contribution is 0.0951. The summed E-state index contributed by atoms with van der Waals surface area (Å²) in [6.45, 7) is 2.79. The Bertz CT molecular complexity index is 817. The van der Waals surface area contributed by atoms with Gasteiger partial charge in [0.2, 0.25) is 0 Å². The maximum atomic E-state index is 12.2. The van der Waals surface area contributed by atoms with Gasteiger partial charge >= 0.3 is 0 Å². The van der Waals surface area contributed by atoms with Crippen LogP contribution in [-0.2, 0) is 7.05 Å². The van der Waals surface area contributed by atoms with Crippen LogP contribution in [0.3, 0.4) is 0 Å². The van der Waals surface area contributed by atoms with Gasteiger partial charge < -0.3 is 14.8 Å². The van der Waals surface area contributed by atoms with Crippen LogP contribution in [0.15, 0.2) is 30.3 Å². The number of amides is 1. The highest BCUT2D eigenvalue weighted by molar-refractivity contribution is 7.20. The summed E-state index contributed by atoms with van der Waals surface area (Å²) >= 11 is 1.45. The van der Waals surface area contributed by atoms with Crippen LogP contribution >= 0.6 is 11.3 Å². The minimum absolute atomic E-state index is 0.0890. The van der Waals surface area contributed by atoms with E-state index in [2.05, 4.69) is 10.4 Å². The van der Waals surface area contributed by atoms with E-state index in [1.54, 1.807) is 11.8 Å². The van der Waals surface area contributed by atoms with Gasteiger partial charge in [-0.25, -0.2) is 0 Å². The number of hydrogen-bond donors (Lipinski definition) is 1. The Labute approximate surface area is 144 Å². The number of carbonyl (C=O) groups excluding carboxylic acids is 1.